The molecule has 0 aliphatic heterocycles. The zero-order valence-corrected chi connectivity index (χ0v) is 12.1. The zero-order valence-electron chi connectivity index (χ0n) is 9.95. The van der Waals surface area contributed by atoms with Gasteiger partial charge in [-0.2, -0.15) is 0 Å². The summed E-state index contributed by atoms with van der Waals surface area (Å²) in [6.45, 7) is 1.65. The van der Waals surface area contributed by atoms with Gasteiger partial charge in [-0.1, -0.05) is 12.1 Å². The van der Waals surface area contributed by atoms with Crippen molar-refractivity contribution in [2.24, 2.45) is 0 Å². The lowest BCUT2D eigenvalue weighted by atomic mass is 10.2. The van der Waals surface area contributed by atoms with Gasteiger partial charge in [-0.05, 0) is 54.6 Å². The molecule has 0 spiro atoms. The van der Waals surface area contributed by atoms with Gasteiger partial charge in [0.25, 0.3) is 5.91 Å². The van der Waals surface area contributed by atoms with Gasteiger partial charge in [0.2, 0.25) is 0 Å². The summed E-state index contributed by atoms with van der Waals surface area (Å²) >= 11 is 2.19. The van der Waals surface area contributed by atoms with Crippen molar-refractivity contribution in [1.82, 2.24) is 10.2 Å². The van der Waals surface area contributed by atoms with Gasteiger partial charge in [0.15, 0.2) is 0 Å². The predicted molar refractivity (Wildman–Crippen MR) is 77.1 cm³/mol. The van der Waals surface area contributed by atoms with Crippen LogP contribution in [-0.4, -0.2) is 37.0 Å². The molecular formula is C13H17IN2O. The molecule has 0 atom stereocenters. The number of hydrogen-bond acceptors (Lipinski definition) is 2. The summed E-state index contributed by atoms with van der Waals surface area (Å²) in [6.07, 6.45) is 2.61. The van der Waals surface area contributed by atoms with Crippen molar-refractivity contribution < 1.29 is 4.79 Å². The largest absolute Gasteiger partial charge is 0.351 e. The third-order valence-corrected chi connectivity index (χ3v) is 3.98. The van der Waals surface area contributed by atoms with E-state index in [0.29, 0.717) is 0 Å². The molecule has 1 saturated carbocycles. The average molecular weight is 344 g/mol. The van der Waals surface area contributed by atoms with Gasteiger partial charge >= 0.3 is 0 Å². The molecule has 0 heterocycles. The molecule has 1 aliphatic rings. The van der Waals surface area contributed by atoms with Crippen molar-refractivity contribution in [3.05, 3.63) is 33.4 Å². The summed E-state index contributed by atoms with van der Waals surface area (Å²) < 4.78 is 0.998. The van der Waals surface area contributed by atoms with Crippen LogP contribution in [0.4, 0.5) is 0 Å². The number of nitrogens with one attached hydrogen (secondary N) is 1. The van der Waals surface area contributed by atoms with Gasteiger partial charge in [0.1, 0.15) is 0 Å². The molecule has 0 unspecified atom stereocenters. The maximum absolute atomic E-state index is 11.9. The summed E-state index contributed by atoms with van der Waals surface area (Å²) in [5.74, 6) is 0.0270. The maximum atomic E-state index is 11.9. The normalized spacial score (nSPS) is 15.0. The first-order valence-corrected chi connectivity index (χ1v) is 6.99. The molecule has 92 valence electrons. The van der Waals surface area contributed by atoms with Crippen LogP contribution in [0.2, 0.25) is 0 Å². The van der Waals surface area contributed by atoms with Crippen LogP contribution in [0.15, 0.2) is 24.3 Å². The first-order valence-electron chi connectivity index (χ1n) is 5.91. The van der Waals surface area contributed by atoms with Crippen LogP contribution in [0.3, 0.4) is 0 Å². The summed E-state index contributed by atoms with van der Waals surface area (Å²) in [4.78, 5) is 14.2. The Labute approximate surface area is 116 Å². The van der Waals surface area contributed by atoms with E-state index in [9.17, 15) is 4.79 Å². The first-order chi connectivity index (χ1) is 8.18. The smallest absolute Gasteiger partial charge is 0.252 e. The van der Waals surface area contributed by atoms with E-state index in [0.717, 1.165) is 28.3 Å². The van der Waals surface area contributed by atoms with Gasteiger partial charge in [-0.25, -0.2) is 0 Å². The SMILES string of the molecule is CN(CCNC(=O)c1ccccc1I)C1CC1. The molecule has 1 amide bonds. The van der Waals surface area contributed by atoms with E-state index in [1.807, 2.05) is 24.3 Å². The van der Waals surface area contributed by atoms with E-state index in [4.69, 9.17) is 0 Å². The molecule has 4 heteroatoms. The van der Waals surface area contributed by atoms with Gasteiger partial charge in [0.05, 0.1) is 5.56 Å². The van der Waals surface area contributed by atoms with Crippen molar-refractivity contribution in [2.45, 2.75) is 18.9 Å². The van der Waals surface area contributed by atoms with Crippen molar-refractivity contribution in [3.63, 3.8) is 0 Å². The molecule has 0 bridgehead atoms. The fourth-order valence-corrected chi connectivity index (χ4v) is 2.42. The molecule has 1 aromatic carbocycles. The fourth-order valence-electron chi connectivity index (χ4n) is 1.78. The molecule has 1 N–H and O–H groups in total. The van der Waals surface area contributed by atoms with Gasteiger partial charge in [0, 0.05) is 22.7 Å². The summed E-state index contributed by atoms with van der Waals surface area (Å²) in [5, 5.41) is 2.97. The number of benzene rings is 1. The molecular weight excluding hydrogens is 327 g/mol. The second kappa shape index (κ2) is 5.82. The lowest BCUT2D eigenvalue weighted by Crippen LogP contribution is -2.34. The standard InChI is InChI=1S/C13H17IN2O/c1-16(10-6-7-10)9-8-15-13(17)11-4-2-3-5-12(11)14/h2-5,10H,6-9H2,1H3,(H,15,17). The van der Waals surface area contributed by atoms with E-state index in [1.54, 1.807) is 0 Å². The lowest BCUT2D eigenvalue weighted by molar-refractivity contribution is 0.0948. The van der Waals surface area contributed by atoms with Crippen LogP contribution in [0, 0.1) is 3.57 Å². The Kier molecular flexibility index (Phi) is 4.39. The van der Waals surface area contributed by atoms with Crippen molar-refractivity contribution in [1.29, 1.82) is 0 Å². The second-order valence-corrected chi connectivity index (χ2v) is 5.61. The third-order valence-electron chi connectivity index (χ3n) is 3.04. The quantitative estimate of drug-likeness (QED) is 0.830. The third kappa shape index (κ3) is 3.67. The number of amides is 1. The van der Waals surface area contributed by atoms with E-state index in [1.165, 1.54) is 12.8 Å². The number of nitrogens with zero attached hydrogens (tertiary/aromatic N) is 1. The minimum atomic E-state index is 0.0270. The Morgan fingerprint density at radius 1 is 1.47 bits per heavy atom. The number of carbonyl (C=O) groups is 1. The second-order valence-electron chi connectivity index (χ2n) is 4.45. The Morgan fingerprint density at radius 2 is 2.18 bits per heavy atom. The lowest BCUT2D eigenvalue weighted by Gasteiger charge is -2.15. The molecule has 17 heavy (non-hydrogen) atoms. The van der Waals surface area contributed by atoms with Gasteiger partial charge < -0.3 is 10.2 Å². The summed E-state index contributed by atoms with van der Waals surface area (Å²) in [6, 6.07) is 8.41. The van der Waals surface area contributed by atoms with E-state index in [2.05, 4.69) is 39.9 Å². The molecule has 1 aromatic rings. The Balaban J connectivity index is 1.79. The topological polar surface area (TPSA) is 32.3 Å². The molecule has 2 rings (SSSR count). The Hall–Kier alpha value is -0.620. The van der Waals surface area contributed by atoms with Crippen molar-refractivity contribution in [2.75, 3.05) is 20.1 Å². The summed E-state index contributed by atoms with van der Waals surface area (Å²) in [7, 11) is 2.12. The predicted octanol–water partition coefficient (Wildman–Crippen LogP) is 2.12. The molecule has 0 radical (unpaired) electrons. The highest BCUT2D eigenvalue weighted by Gasteiger charge is 2.25. The molecule has 1 aliphatic carbocycles. The first kappa shape index (κ1) is 12.8. The number of rotatable bonds is 5. The van der Waals surface area contributed by atoms with Crippen LogP contribution in [0.5, 0.6) is 0 Å². The van der Waals surface area contributed by atoms with Crippen LogP contribution < -0.4 is 5.32 Å². The minimum Gasteiger partial charge on any atom is -0.351 e. The maximum Gasteiger partial charge on any atom is 0.252 e. The van der Waals surface area contributed by atoms with Gasteiger partial charge in [-0.3, -0.25) is 4.79 Å². The Morgan fingerprint density at radius 3 is 2.82 bits per heavy atom. The van der Waals surface area contributed by atoms with Crippen LogP contribution in [0.25, 0.3) is 0 Å². The van der Waals surface area contributed by atoms with Crippen LogP contribution in [-0.2, 0) is 0 Å². The van der Waals surface area contributed by atoms with Crippen molar-refractivity contribution >= 4 is 28.5 Å². The fraction of sp³-hybridized carbons (Fsp3) is 0.462. The molecule has 0 saturated heterocycles. The minimum absolute atomic E-state index is 0.0270. The number of halogens is 1. The number of likely N-dealkylation sites (N-methyl/N-ethyl adjacent to an activating group) is 1. The van der Waals surface area contributed by atoms with Gasteiger partial charge in [-0.15, -0.1) is 0 Å². The van der Waals surface area contributed by atoms with E-state index in [-0.39, 0.29) is 5.91 Å². The van der Waals surface area contributed by atoms with Crippen LogP contribution in [0.1, 0.15) is 23.2 Å². The molecule has 3 nitrogen and oxygen atoms in total. The highest BCUT2D eigenvalue weighted by Crippen LogP contribution is 2.24. The monoisotopic (exact) mass is 344 g/mol. The molecule has 1 fully saturated rings. The molecule has 0 aromatic heterocycles. The number of carbonyl (C=O) groups excluding carboxylic acids is 1. The van der Waals surface area contributed by atoms with Crippen LogP contribution >= 0.6 is 22.6 Å². The highest BCUT2D eigenvalue weighted by molar-refractivity contribution is 14.1. The number of hydrogen-bond donors (Lipinski definition) is 1. The van der Waals surface area contributed by atoms with Crippen molar-refractivity contribution in [3.8, 4) is 0 Å². The van der Waals surface area contributed by atoms with E-state index < -0.39 is 0 Å². The Bertz CT molecular complexity index is 404. The zero-order chi connectivity index (χ0) is 12.3. The summed E-state index contributed by atoms with van der Waals surface area (Å²) in [5.41, 5.74) is 0.766. The highest BCUT2D eigenvalue weighted by atomic mass is 127. The average Bonchev–Trinajstić information content (AvgIpc) is 3.13. The van der Waals surface area contributed by atoms with E-state index >= 15 is 0 Å².